The molecule has 14 heteroatoms. The summed E-state index contributed by atoms with van der Waals surface area (Å²) in [6.07, 6.45) is -4.80. The number of carbonyl (C=O) groups excluding carboxylic acids is 2. The fourth-order valence-electron chi connectivity index (χ4n) is 3.43. The molecule has 194 valence electrons. The minimum atomic E-state index is -4.80. The van der Waals surface area contributed by atoms with Gasteiger partial charge in [0.05, 0.1) is 32.2 Å². The van der Waals surface area contributed by atoms with Crippen molar-refractivity contribution in [2.24, 2.45) is 0 Å². The Kier molecular flexibility index (Phi) is 7.03. The molecule has 0 saturated heterocycles. The van der Waals surface area contributed by atoms with Crippen molar-refractivity contribution < 1.29 is 37.0 Å². The number of nitrogens with zero attached hydrogens (tertiary/aromatic N) is 4. The molecule has 1 aromatic carbocycles. The number of methoxy groups -OCH3 is 2. The molecule has 0 aliphatic heterocycles. The number of amides is 1. The van der Waals surface area contributed by atoms with Crippen molar-refractivity contribution in [3.63, 3.8) is 0 Å². The van der Waals surface area contributed by atoms with Gasteiger partial charge in [0.15, 0.2) is 33.7 Å². The lowest BCUT2D eigenvalue weighted by molar-refractivity contribution is -0.142. The van der Waals surface area contributed by atoms with Crippen LogP contribution in [-0.4, -0.2) is 52.3 Å². The van der Waals surface area contributed by atoms with E-state index < -0.39 is 23.7 Å². The van der Waals surface area contributed by atoms with Crippen molar-refractivity contribution in [3.05, 3.63) is 52.3 Å². The third-order valence-electron chi connectivity index (χ3n) is 5.11. The maximum Gasteiger partial charge on any atom is 0.433 e. The lowest BCUT2D eigenvalue weighted by Gasteiger charge is -2.12. The fraction of sp³-hybridized carbons (Fsp3) is 0.261. The average Bonchev–Trinajstić information content (AvgIpc) is 3.45. The highest BCUT2D eigenvalue weighted by molar-refractivity contribution is 7.17. The van der Waals surface area contributed by atoms with Gasteiger partial charge in [-0.2, -0.15) is 18.3 Å². The zero-order valence-electron chi connectivity index (χ0n) is 20.0. The van der Waals surface area contributed by atoms with E-state index in [2.05, 4.69) is 20.4 Å². The third-order valence-corrected chi connectivity index (χ3v) is 6.16. The van der Waals surface area contributed by atoms with Crippen molar-refractivity contribution in [2.75, 3.05) is 26.1 Å². The smallest absolute Gasteiger partial charge is 0.433 e. The summed E-state index contributed by atoms with van der Waals surface area (Å²) in [6, 6.07) is 6.54. The number of ether oxygens (including phenoxy) is 3. The minimum absolute atomic E-state index is 0.0118. The van der Waals surface area contributed by atoms with Crippen LogP contribution in [0.5, 0.6) is 11.5 Å². The molecule has 4 aromatic rings. The maximum atomic E-state index is 13.9. The standard InChI is InChI=1S/C23H20F3N5O5S/c1-5-36-21(33)19-11(2)27-22(37-19)29-20(32)14-10-18-28-13(9-17(23(24,25)26)31(18)30-14)12-6-7-15(34-3)16(8-12)35-4/h6-10H,5H2,1-4H3,(H,27,29,32). The summed E-state index contributed by atoms with van der Waals surface area (Å²) in [5.74, 6) is -0.706. The molecule has 1 amide bonds. The van der Waals surface area contributed by atoms with Crippen molar-refractivity contribution in [1.82, 2.24) is 19.6 Å². The van der Waals surface area contributed by atoms with Gasteiger partial charge in [-0.15, -0.1) is 0 Å². The van der Waals surface area contributed by atoms with Gasteiger partial charge in [0, 0.05) is 11.6 Å². The highest BCUT2D eigenvalue weighted by Crippen LogP contribution is 2.35. The van der Waals surface area contributed by atoms with Gasteiger partial charge in [-0.05, 0) is 38.1 Å². The summed E-state index contributed by atoms with van der Waals surface area (Å²) in [4.78, 5) is 33.4. The second-order valence-corrected chi connectivity index (χ2v) is 8.50. The van der Waals surface area contributed by atoms with E-state index >= 15 is 0 Å². The Balaban J connectivity index is 1.72. The molecule has 0 fully saturated rings. The monoisotopic (exact) mass is 535 g/mol. The fourth-order valence-corrected chi connectivity index (χ4v) is 4.28. The first kappa shape index (κ1) is 25.9. The first-order chi connectivity index (χ1) is 17.5. The summed E-state index contributed by atoms with van der Waals surface area (Å²) in [5, 5.41) is 6.35. The summed E-state index contributed by atoms with van der Waals surface area (Å²) >= 11 is 0.881. The molecule has 0 saturated carbocycles. The molecule has 0 unspecified atom stereocenters. The van der Waals surface area contributed by atoms with Crippen LogP contribution in [0.15, 0.2) is 30.3 Å². The molecule has 4 rings (SSSR count). The number of nitrogens with one attached hydrogen (secondary N) is 1. The van der Waals surface area contributed by atoms with Gasteiger partial charge >= 0.3 is 12.1 Å². The zero-order chi connectivity index (χ0) is 26.9. The molecule has 3 heterocycles. The van der Waals surface area contributed by atoms with Crippen LogP contribution in [-0.2, 0) is 10.9 Å². The topological polar surface area (TPSA) is 117 Å². The van der Waals surface area contributed by atoms with Crippen molar-refractivity contribution in [1.29, 1.82) is 0 Å². The van der Waals surface area contributed by atoms with Gasteiger partial charge < -0.3 is 14.2 Å². The second-order valence-electron chi connectivity index (χ2n) is 7.50. The summed E-state index contributed by atoms with van der Waals surface area (Å²) in [6.45, 7) is 3.39. The quantitative estimate of drug-likeness (QED) is 0.341. The van der Waals surface area contributed by atoms with Crippen molar-refractivity contribution in [3.8, 4) is 22.8 Å². The van der Waals surface area contributed by atoms with Gasteiger partial charge in [0.25, 0.3) is 5.91 Å². The van der Waals surface area contributed by atoms with Gasteiger partial charge in [-0.1, -0.05) is 11.3 Å². The number of carbonyl (C=O) groups is 2. The second kappa shape index (κ2) is 10.0. The Bertz CT molecular complexity index is 1500. The lowest BCUT2D eigenvalue weighted by Crippen LogP contribution is -2.15. The average molecular weight is 536 g/mol. The normalized spacial score (nSPS) is 11.4. The van der Waals surface area contributed by atoms with Gasteiger partial charge in [-0.25, -0.2) is 19.3 Å². The van der Waals surface area contributed by atoms with Crippen LogP contribution in [0.2, 0.25) is 0 Å². The number of esters is 1. The Morgan fingerprint density at radius 3 is 2.46 bits per heavy atom. The molecular formula is C23H20F3N5O5S. The number of anilines is 1. The molecule has 1 N–H and O–H groups in total. The molecule has 0 aliphatic rings. The van der Waals surface area contributed by atoms with Crippen LogP contribution in [0.25, 0.3) is 16.9 Å². The number of hydrogen-bond acceptors (Lipinski definition) is 9. The molecule has 0 atom stereocenters. The van der Waals surface area contributed by atoms with Crippen molar-refractivity contribution >= 4 is 34.0 Å². The van der Waals surface area contributed by atoms with Crippen LogP contribution < -0.4 is 14.8 Å². The molecule has 0 radical (unpaired) electrons. The predicted octanol–water partition coefficient (Wildman–Crippen LogP) is 4.63. The van der Waals surface area contributed by atoms with Crippen LogP contribution in [0.4, 0.5) is 18.3 Å². The van der Waals surface area contributed by atoms with Crippen LogP contribution in [0, 0.1) is 6.92 Å². The molecule has 0 spiro atoms. The Hall–Kier alpha value is -4.20. The van der Waals surface area contributed by atoms with E-state index in [1.165, 1.54) is 26.4 Å². The number of thiazole rings is 1. The van der Waals surface area contributed by atoms with Gasteiger partial charge in [0.2, 0.25) is 0 Å². The van der Waals surface area contributed by atoms with Gasteiger partial charge in [0.1, 0.15) is 4.88 Å². The number of alkyl halides is 3. The number of hydrogen-bond donors (Lipinski definition) is 1. The summed E-state index contributed by atoms with van der Waals surface area (Å²) in [7, 11) is 2.84. The number of rotatable bonds is 7. The first-order valence-electron chi connectivity index (χ1n) is 10.7. The maximum absolute atomic E-state index is 13.9. The number of benzene rings is 1. The van der Waals surface area contributed by atoms with E-state index in [0.717, 1.165) is 23.5 Å². The van der Waals surface area contributed by atoms with Crippen LogP contribution in [0.1, 0.15) is 38.5 Å². The molecule has 3 aromatic heterocycles. The van der Waals surface area contributed by atoms with E-state index in [4.69, 9.17) is 14.2 Å². The number of aryl methyl sites for hydroxylation is 1. The van der Waals surface area contributed by atoms with E-state index in [1.54, 1.807) is 19.9 Å². The molecule has 0 bridgehead atoms. The zero-order valence-corrected chi connectivity index (χ0v) is 20.8. The Morgan fingerprint density at radius 1 is 1.08 bits per heavy atom. The first-order valence-corrected chi connectivity index (χ1v) is 11.5. The highest BCUT2D eigenvalue weighted by Gasteiger charge is 2.36. The summed E-state index contributed by atoms with van der Waals surface area (Å²) in [5.41, 5.74) is -0.990. The van der Waals surface area contributed by atoms with E-state index in [9.17, 15) is 22.8 Å². The summed E-state index contributed by atoms with van der Waals surface area (Å²) < 4.78 is 57.7. The number of aromatic nitrogens is 4. The molecular weight excluding hydrogens is 515 g/mol. The molecule has 37 heavy (non-hydrogen) atoms. The van der Waals surface area contributed by atoms with Crippen molar-refractivity contribution in [2.45, 2.75) is 20.0 Å². The largest absolute Gasteiger partial charge is 0.493 e. The van der Waals surface area contributed by atoms with Crippen LogP contribution >= 0.6 is 11.3 Å². The van der Waals surface area contributed by atoms with Gasteiger partial charge in [-0.3, -0.25) is 10.1 Å². The molecule has 10 nitrogen and oxygen atoms in total. The number of halogens is 3. The SMILES string of the molecule is CCOC(=O)c1sc(NC(=O)c2cc3nc(-c4ccc(OC)c(OC)c4)cc(C(F)(F)F)n3n2)nc1C. The predicted molar refractivity (Wildman–Crippen MR) is 127 cm³/mol. The third kappa shape index (κ3) is 5.18. The lowest BCUT2D eigenvalue weighted by atomic mass is 10.1. The molecule has 0 aliphatic carbocycles. The van der Waals surface area contributed by atoms with Crippen LogP contribution in [0.3, 0.4) is 0 Å². The highest BCUT2D eigenvalue weighted by atomic mass is 32.1. The Labute approximate surface area is 212 Å². The number of fused-ring (bicyclic) bond motifs is 1. The van der Waals surface area contributed by atoms with E-state index in [0.29, 0.717) is 27.3 Å². The minimum Gasteiger partial charge on any atom is -0.493 e. The Morgan fingerprint density at radius 2 is 1.81 bits per heavy atom. The van der Waals surface area contributed by atoms with E-state index in [1.807, 2.05) is 0 Å². The van der Waals surface area contributed by atoms with E-state index in [-0.39, 0.29) is 33.7 Å².